The lowest BCUT2D eigenvalue weighted by Crippen LogP contribution is -2.40. The monoisotopic (exact) mass is 327 g/mol. The average Bonchev–Trinajstić information content (AvgIpc) is 2.55. The Labute approximate surface area is 131 Å². The molecule has 2 rings (SSSR count). The number of piperidine rings is 1. The molecule has 0 atom stereocenters. The summed E-state index contributed by atoms with van der Waals surface area (Å²) in [6.07, 6.45) is 0.959. The number of ether oxygens (including phenoxy) is 2. The lowest BCUT2D eigenvalue weighted by molar-refractivity contribution is -0.149. The van der Waals surface area contributed by atoms with Gasteiger partial charge >= 0.3 is 5.97 Å². The van der Waals surface area contributed by atoms with Gasteiger partial charge in [-0.3, -0.25) is 4.79 Å². The highest BCUT2D eigenvalue weighted by molar-refractivity contribution is 7.89. The molecule has 22 heavy (non-hydrogen) atoms. The molecule has 1 aliphatic rings. The van der Waals surface area contributed by atoms with Gasteiger partial charge in [-0.25, -0.2) is 8.42 Å². The summed E-state index contributed by atoms with van der Waals surface area (Å²) in [5, 5.41) is 0. The van der Waals surface area contributed by atoms with Crippen molar-refractivity contribution in [2.24, 2.45) is 5.92 Å². The third-order valence-corrected chi connectivity index (χ3v) is 5.70. The number of nitrogens with zero attached hydrogens (tertiary/aromatic N) is 1. The van der Waals surface area contributed by atoms with Crippen LogP contribution in [0, 0.1) is 5.92 Å². The maximum absolute atomic E-state index is 12.7. The van der Waals surface area contributed by atoms with Crippen molar-refractivity contribution in [2.45, 2.75) is 24.7 Å². The number of esters is 1. The van der Waals surface area contributed by atoms with Crippen molar-refractivity contribution in [3.63, 3.8) is 0 Å². The van der Waals surface area contributed by atoms with Crippen LogP contribution in [-0.2, 0) is 19.6 Å². The predicted octanol–water partition coefficient (Wildman–Crippen LogP) is 1.66. The van der Waals surface area contributed by atoms with E-state index in [-0.39, 0.29) is 16.8 Å². The van der Waals surface area contributed by atoms with Crippen molar-refractivity contribution in [1.29, 1.82) is 0 Å². The highest BCUT2D eigenvalue weighted by Crippen LogP contribution is 2.29. The Kier molecular flexibility index (Phi) is 5.42. The zero-order valence-electron chi connectivity index (χ0n) is 12.8. The van der Waals surface area contributed by atoms with Crippen LogP contribution in [0.3, 0.4) is 0 Å². The maximum Gasteiger partial charge on any atom is 0.309 e. The first-order chi connectivity index (χ1) is 10.5. The molecule has 0 radical (unpaired) electrons. The molecule has 0 bridgehead atoms. The van der Waals surface area contributed by atoms with E-state index in [1.54, 1.807) is 25.1 Å². The van der Waals surface area contributed by atoms with E-state index in [9.17, 15) is 13.2 Å². The van der Waals surface area contributed by atoms with Gasteiger partial charge < -0.3 is 9.47 Å². The van der Waals surface area contributed by atoms with Gasteiger partial charge in [0.1, 0.15) is 10.6 Å². The molecular weight excluding hydrogens is 306 g/mol. The smallest absolute Gasteiger partial charge is 0.309 e. The van der Waals surface area contributed by atoms with Crippen LogP contribution in [0.15, 0.2) is 29.2 Å². The summed E-state index contributed by atoms with van der Waals surface area (Å²) in [4.78, 5) is 11.9. The van der Waals surface area contributed by atoms with Crippen LogP contribution in [-0.4, -0.2) is 45.5 Å². The van der Waals surface area contributed by atoms with Gasteiger partial charge in [-0.2, -0.15) is 4.31 Å². The molecule has 0 N–H and O–H groups in total. The number of carbonyl (C=O) groups is 1. The third-order valence-electron chi connectivity index (χ3n) is 3.76. The van der Waals surface area contributed by atoms with E-state index in [1.807, 2.05) is 0 Å². The Hall–Kier alpha value is -1.60. The first kappa shape index (κ1) is 16.8. The van der Waals surface area contributed by atoms with Gasteiger partial charge in [0.25, 0.3) is 0 Å². The van der Waals surface area contributed by atoms with Gasteiger partial charge in [0.05, 0.1) is 19.6 Å². The topological polar surface area (TPSA) is 72.9 Å². The van der Waals surface area contributed by atoms with Crippen LogP contribution in [0.1, 0.15) is 19.8 Å². The summed E-state index contributed by atoms with van der Waals surface area (Å²) in [5.74, 6) is -0.129. The van der Waals surface area contributed by atoms with Crippen LogP contribution in [0.2, 0.25) is 0 Å². The van der Waals surface area contributed by atoms with Gasteiger partial charge in [0.15, 0.2) is 0 Å². The van der Waals surface area contributed by atoms with Gasteiger partial charge in [0, 0.05) is 13.1 Å². The number of methoxy groups -OCH3 is 1. The fourth-order valence-corrected chi connectivity index (χ4v) is 4.19. The molecule has 6 nitrogen and oxygen atoms in total. The van der Waals surface area contributed by atoms with Crippen molar-refractivity contribution in [1.82, 2.24) is 4.31 Å². The molecule has 0 unspecified atom stereocenters. The van der Waals surface area contributed by atoms with Gasteiger partial charge in [0.2, 0.25) is 10.0 Å². The Balaban J connectivity index is 2.11. The molecule has 0 aliphatic carbocycles. The number of sulfonamides is 1. The van der Waals surface area contributed by atoms with Crippen molar-refractivity contribution in [3.8, 4) is 5.75 Å². The average molecular weight is 327 g/mol. The number of benzene rings is 1. The molecule has 7 heteroatoms. The number of hydrogen-bond donors (Lipinski definition) is 0. The summed E-state index contributed by atoms with van der Waals surface area (Å²) >= 11 is 0. The zero-order chi connectivity index (χ0) is 16.2. The van der Waals surface area contributed by atoms with E-state index >= 15 is 0 Å². The highest BCUT2D eigenvalue weighted by Gasteiger charge is 2.33. The van der Waals surface area contributed by atoms with Crippen LogP contribution >= 0.6 is 0 Å². The van der Waals surface area contributed by atoms with Gasteiger partial charge in [-0.15, -0.1) is 0 Å². The minimum Gasteiger partial charge on any atom is -0.495 e. The van der Waals surface area contributed by atoms with Crippen LogP contribution < -0.4 is 4.74 Å². The fraction of sp³-hybridized carbons (Fsp3) is 0.533. The highest BCUT2D eigenvalue weighted by atomic mass is 32.2. The van der Waals surface area contributed by atoms with E-state index in [4.69, 9.17) is 9.47 Å². The third kappa shape index (κ3) is 3.41. The second-order valence-corrected chi connectivity index (χ2v) is 6.99. The number of para-hydroxylation sites is 1. The summed E-state index contributed by atoms with van der Waals surface area (Å²) in [7, 11) is -2.16. The quantitative estimate of drug-likeness (QED) is 0.769. The van der Waals surface area contributed by atoms with E-state index < -0.39 is 10.0 Å². The molecule has 1 fully saturated rings. The van der Waals surface area contributed by atoms with E-state index in [1.165, 1.54) is 17.5 Å². The van der Waals surface area contributed by atoms with Crippen LogP contribution in [0.4, 0.5) is 0 Å². The Morgan fingerprint density at radius 3 is 2.50 bits per heavy atom. The summed E-state index contributed by atoms with van der Waals surface area (Å²) in [6, 6.07) is 6.55. The largest absolute Gasteiger partial charge is 0.495 e. The summed E-state index contributed by atoms with van der Waals surface area (Å²) < 4.78 is 36.9. The maximum atomic E-state index is 12.7. The molecule has 0 amide bonds. The molecule has 0 saturated carbocycles. The molecule has 1 heterocycles. The Morgan fingerprint density at radius 1 is 1.27 bits per heavy atom. The van der Waals surface area contributed by atoms with Crippen molar-refractivity contribution in [3.05, 3.63) is 24.3 Å². The van der Waals surface area contributed by atoms with Gasteiger partial charge in [-0.1, -0.05) is 12.1 Å². The van der Waals surface area contributed by atoms with E-state index in [0.29, 0.717) is 38.3 Å². The molecule has 1 aliphatic heterocycles. The SMILES string of the molecule is CCOC(=O)C1CCN(S(=O)(=O)c2ccccc2OC)CC1. The molecule has 0 spiro atoms. The first-order valence-electron chi connectivity index (χ1n) is 7.30. The van der Waals surface area contributed by atoms with Crippen molar-refractivity contribution >= 4 is 16.0 Å². The summed E-state index contributed by atoms with van der Waals surface area (Å²) in [5.41, 5.74) is 0. The molecule has 1 aromatic rings. The minimum absolute atomic E-state index is 0.159. The lowest BCUT2D eigenvalue weighted by atomic mass is 9.98. The van der Waals surface area contributed by atoms with Crippen LogP contribution in [0.5, 0.6) is 5.75 Å². The van der Waals surface area contributed by atoms with Crippen molar-refractivity contribution < 1.29 is 22.7 Å². The summed E-state index contributed by atoms with van der Waals surface area (Å²) in [6.45, 7) is 2.73. The Bertz CT molecular complexity index is 621. The fourth-order valence-electron chi connectivity index (χ4n) is 2.56. The second kappa shape index (κ2) is 7.11. The zero-order valence-corrected chi connectivity index (χ0v) is 13.6. The lowest BCUT2D eigenvalue weighted by Gasteiger charge is -2.30. The van der Waals surface area contributed by atoms with Crippen molar-refractivity contribution in [2.75, 3.05) is 26.8 Å². The van der Waals surface area contributed by atoms with E-state index in [2.05, 4.69) is 0 Å². The second-order valence-electron chi connectivity index (χ2n) is 5.08. The molecule has 122 valence electrons. The Morgan fingerprint density at radius 2 is 1.91 bits per heavy atom. The van der Waals surface area contributed by atoms with Gasteiger partial charge in [-0.05, 0) is 31.9 Å². The number of hydrogen-bond acceptors (Lipinski definition) is 5. The normalized spacial score (nSPS) is 17.2. The molecular formula is C15H21NO5S. The molecule has 1 aromatic carbocycles. The number of rotatable bonds is 5. The molecule has 0 aromatic heterocycles. The standard InChI is InChI=1S/C15H21NO5S/c1-3-21-15(17)12-8-10-16(11-9-12)22(18,19)14-7-5-4-6-13(14)20-2/h4-7,12H,3,8-11H2,1-2H3. The minimum atomic E-state index is -3.61. The van der Waals surface area contributed by atoms with E-state index in [0.717, 1.165) is 0 Å². The number of carbonyl (C=O) groups excluding carboxylic acids is 1. The first-order valence-corrected chi connectivity index (χ1v) is 8.74. The van der Waals surface area contributed by atoms with Crippen LogP contribution in [0.25, 0.3) is 0 Å². The predicted molar refractivity (Wildman–Crippen MR) is 81.1 cm³/mol. The molecule has 1 saturated heterocycles.